The summed E-state index contributed by atoms with van der Waals surface area (Å²) in [5, 5.41) is 13.7. The Bertz CT molecular complexity index is 461. The Labute approximate surface area is 122 Å². The highest BCUT2D eigenvalue weighted by Gasteiger charge is 2.43. The summed E-state index contributed by atoms with van der Waals surface area (Å²) >= 11 is 0. The summed E-state index contributed by atoms with van der Waals surface area (Å²) in [6.07, 6.45) is 0.298. The number of urea groups is 1. The molecule has 1 atom stereocenters. The number of carboxylic acid groups (broad SMARTS) is 1. The third kappa shape index (κ3) is 4.73. The highest BCUT2D eigenvalue weighted by atomic mass is 16.4. The first-order valence-corrected chi connectivity index (χ1v) is 6.78. The van der Waals surface area contributed by atoms with Crippen LogP contribution in [0.2, 0.25) is 0 Å². The molecule has 118 valence electrons. The molecule has 0 radical (unpaired) electrons. The van der Waals surface area contributed by atoms with Crippen LogP contribution in [0.5, 0.6) is 0 Å². The number of hydrogen-bond acceptors (Lipinski definition) is 4. The van der Waals surface area contributed by atoms with Gasteiger partial charge in [0.1, 0.15) is 5.54 Å². The van der Waals surface area contributed by atoms with E-state index in [4.69, 9.17) is 5.11 Å². The molecule has 0 spiro atoms. The van der Waals surface area contributed by atoms with Crippen molar-refractivity contribution >= 4 is 23.8 Å². The molecule has 8 nitrogen and oxygen atoms in total. The number of hydrogen-bond donors (Lipinski definition) is 3. The van der Waals surface area contributed by atoms with Crippen molar-refractivity contribution in [3.05, 3.63) is 0 Å². The number of nitrogens with one attached hydrogen (secondary N) is 2. The molecule has 1 aliphatic rings. The zero-order valence-electron chi connectivity index (χ0n) is 12.4. The van der Waals surface area contributed by atoms with E-state index in [0.29, 0.717) is 6.42 Å². The summed E-state index contributed by atoms with van der Waals surface area (Å²) < 4.78 is 0. The van der Waals surface area contributed by atoms with Gasteiger partial charge in [0.2, 0.25) is 5.91 Å². The first-order valence-electron chi connectivity index (χ1n) is 6.78. The van der Waals surface area contributed by atoms with Gasteiger partial charge < -0.3 is 15.7 Å². The Morgan fingerprint density at radius 1 is 1.33 bits per heavy atom. The third-order valence-electron chi connectivity index (χ3n) is 3.21. The molecule has 8 heteroatoms. The van der Waals surface area contributed by atoms with Crippen LogP contribution >= 0.6 is 0 Å². The van der Waals surface area contributed by atoms with Crippen molar-refractivity contribution < 1.29 is 24.3 Å². The van der Waals surface area contributed by atoms with Crippen LogP contribution in [0, 0.1) is 0 Å². The molecular formula is C13H21N3O5. The van der Waals surface area contributed by atoms with E-state index >= 15 is 0 Å². The fourth-order valence-corrected chi connectivity index (χ4v) is 1.99. The lowest BCUT2D eigenvalue weighted by atomic mass is 10.1. The van der Waals surface area contributed by atoms with Crippen LogP contribution in [0.3, 0.4) is 0 Å². The lowest BCUT2D eigenvalue weighted by Crippen LogP contribution is -2.41. The van der Waals surface area contributed by atoms with Gasteiger partial charge in [0.15, 0.2) is 0 Å². The molecule has 0 aromatic carbocycles. The van der Waals surface area contributed by atoms with E-state index in [1.54, 1.807) is 20.8 Å². The minimum absolute atomic E-state index is 0.00554. The van der Waals surface area contributed by atoms with Gasteiger partial charge in [0, 0.05) is 25.4 Å². The van der Waals surface area contributed by atoms with Crippen molar-refractivity contribution in [2.24, 2.45) is 0 Å². The second kappa shape index (κ2) is 6.55. The summed E-state index contributed by atoms with van der Waals surface area (Å²) in [5.41, 5.74) is -0.942. The zero-order valence-corrected chi connectivity index (χ0v) is 12.4. The van der Waals surface area contributed by atoms with E-state index in [-0.39, 0.29) is 37.2 Å². The molecule has 1 heterocycles. The monoisotopic (exact) mass is 299 g/mol. The second-order valence-corrected chi connectivity index (χ2v) is 5.66. The van der Waals surface area contributed by atoms with E-state index in [0.717, 1.165) is 4.90 Å². The lowest BCUT2D eigenvalue weighted by Gasteiger charge is -2.17. The average molecular weight is 299 g/mol. The van der Waals surface area contributed by atoms with Gasteiger partial charge in [-0.3, -0.25) is 19.3 Å². The second-order valence-electron chi connectivity index (χ2n) is 5.66. The summed E-state index contributed by atoms with van der Waals surface area (Å²) in [6.45, 7) is 4.91. The standard InChI is InChI=1S/C13H21N3O5/c1-8(4-5-10(18)19)14-9(17)6-7-16-11(20)13(2,3)15-12(16)21/h8H,4-7H2,1-3H3,(H,14,17)(H,15,21)(H,18,19). The Morgan fingerprint density at radius 2 is 1.95 bits per heavy atom. The van der Waals surface area contributed by atoms with E-state index in [1.807, 2.05) is 0 Å². The third-order valence-corrected chi connectivity index (χ3v) is 3.21. The quantitative estimate of drug-likeness (QED) is 0.576. The predicted octanol–water partition coefficient (Wildman–Crippen LogP) is 0.0764. The van der Waals surface area contributed by atoms with Gasteiger partial charge in [-0.05, 0) is 27.2 Å². The summed E-state index contributed by atoms with van der Waals surface area (Å²) in [6, 6.07) is -0.773. The van der Waals surface area contributed by atoms with Crippen LogP contribution in [0.1, 0.15) is 40.0 Å². The first kappa shape index (κ1) is 16.9. The fraction of sp³-hybridized carbons (Fsp3) is 0.692. The maximum absolute atomic E-state index is 11.9. The Hall–Kier alpha value is -2.12. The van der Waals surface area contributed by atoms with E-state index < -0.39 is 17.5 Å². The maximum atomic E-state index is 11.9. The van der Waals surface area contributed by atoms with E-state index in [2.05, 4.69) is 10.6 Å². The van der Waals surface area contributed by atoms with E-state index in [9.17, 15) is 19.2 Å². The fourth-order valence-electron chi connectivity index (χ4n) is 1.99. The van der Waals surface area contributed by atoms with Gasteiger partial charge in [-0.1, -0.05) is 0 Å². The normalized spacial score (nSPS) is 18.3. The van der Waals surface area contributed by atoms with Crippen LogP contribution in [0.25, 0.3) is 0 Å². The molecule has 3 N–H and O–H groups in total. The van der Waals surface area contributed by atoms with Crippen molar-refractivity contribution in [2.45, 2.75) is 51.6 Å². The minimum Gasteiger partial charge on any atom is -0.481 e. The van der Waals surface area contributed by atoms with Crippen molar-refractivity contribution in [3.63, 3.8) is 0 Å². The molecule has 1 unspecified atom stereocenters. The molecule has 0 bridgehead atoms. The van der Waals surface area contributed by atoms with Crippen LogP contribution in [-0.4, -0.2) is 51.9 Å². The number of nitrogens with zero attached hydrogens (tertiary/aromatic N) is 1. The highest BCUT2D eigenvalue weighted by molar-refractivity contribution is 6.06. The average Bonchev–Trinajstić information content (AvgIpc) is 2.54. The van der Waals surface area contributed by atoms with Gasteiger partial charge in [-0.25, -0.2) is 4.79 Å². The number of rotatable bonds is 7. The Balaban J connectivity index is 2.38. The highest BCUT2D eigenvalue weighted by Crippen LogP contribution is 2.16. The number of amides is 4. The van der Waals surface area contributed by atoms with Crippen LogP contribution in [0.15, 0.2) is 0 Å². The zero-order chi connectivity index (χ0) is 16.2. The predicted molar refractivity (Wildman–Crippen MR) is 73.4 cm³/mol. The van der Waals surface area contributed by atoms with Crippen LogP contribution in [-0.2, 0) is 14.4 Å². The molecule has 1 aliphatic heterocycles. The van der Waals surface area contributed by atoms with E-state index in [1.165, 1.54) is 0 Å². The number of imide groups is 1. The molecule has 1 saturated heterocycles. The number of carbonyl (C=O) groups is 4. The Kier molecular flexibility index (Phi) is 5.28. The molecule has 0 aromatic heterocycles. The molecular weight excluding hydrogens is 278 g/mol. The van der Waals surface area contributed by atoms with Crippen LogP contribution in [0.4, 0.5) is 4.79 Å². The number of aliphatic carboxylic acids is 1. The van der Waals surface area contributed by atoms with Gasteiger partial charge >= 0.3 is 12.0 Å². The van der Waals surface area contributed by atoms with Gasteiger partial charge in [-0.15, -0.1) is 0 Å². The smallest absolute Gasteiger partial charge is 0.325 e. The molecule has 21 heavy (non-hydrogen) atoms. The molecule has 1 fully saturated rings. The SMILES string of the molecule is CC(CCC(=O)O)NC(=O)CCN1C(=O)NC(C)(C)C1=O. The molecule has 4 amide bonds. The van der Waals surface area contributed by atoms with Gasteiger partial charge in [0.05, 0.1) is 0 Å². The molecule has 0 saturated carbocycles. The molecule has 0 aliphatic carbocycles. The topological polar surface area (TPSA) is 116 Å². The van der Waals surface area contributed by atoms with Gasteiger partial charge in [0.25, 0.3) is 5.91 Å². The first-order chi connectivity index (χ1) is 9.63. The molecule has 1 rings (SSSR count). The summed E-state index contributed by atoms with van der Waals surface area (Å²) in [4.78, 5) is 46.6. The lowest BCUT2D eigenvalue weighted by molar-refractivity contribution is -0.137. The van der Waals surface area contributed by atoms with Crippen molar-refractivity contribution in [1.29, 1.82) is 0 Å². The largest absolute Gasteiger partial charge is 0.481 e. The Morgan fingerprint density at radius 3 is 2.43 bits per heavy atom. The summed E-state index contributed by atoms with van der Waals surface area (Å²) in [5.74, 6) is -1.60. The minimum atomic E-state index is -0.942. The van der Waals surface area contributed by atoms with Crippen molar-refractivity contribution in [2.75, 3.05) is 6.54 Å². The number of carbonyl (C=O) groups excluding carboxylic acids is 3. The van der Waals surface area contributed by atoms with Crippen LogP contribution < -0.4 is 10.6 Å². The van der Waals surface area contributed by atoms with Crippen molar-refractivity contribution in [3.8, 4) is 0 Å². The van der Waals surface area contributed by atoms with Crippen molar-refractivity contribution in [1.82, 2.24) is 15.5 Å². The maximum Gasteiger partial charge on any atom is 0.325 e. The van der Waals surface area contributed by atoms with Gasteiger partial charge in [-0.2, -0.15) is 0 Å². The summed E-state index contributed by atoms with van der Waals surface area (Å²) in [7, 11) is 0. The number of carboxylic acids is 1. The molecule has 0 aromatic rings.